The predicted octanol–water partition coefficient (Wildman–Crippen LogP) is 3.20. The quantitative estimate of drug-likeness (QED) is 0.830. The summed E-state index contributed by atoms with van der Waals surface area (Å²) in [7, 11) is 0. The monoisotopic (exact) mass is 221 g/mol. The van der Waals surface area contributed by atoms with Gasteiger partial charge in [0.2, 0.25) is 0 Å². The highest BCUT2D eigenvalue weighted by Crippen LogP contribution is 2.43. The molecule has 1 aliphatic carbocycles. The average Bonchev–Trinajstić information content (AvgIpc) is 2.22. The summed E-state index contributed by atoms with van der Waals surface area (Å²) < 4.78 is 13.4. The normalized spacial score (nSPS) is 18.2. The lowest BCUT2D eigenvalue weighted by Crippen LogP contribution is -2.37. The van der Waals surface area contributed by atoms with E-state index in [1.54, 1.807) is 13.0 Å². The Hall–Kier alpha value is -0.890. The Morgan fingerprint density at radius 3 is 2.62 bits per heavy atom. The molecule has 0 radical (unpaired) electrons. The molecule has 0 spiro atoms. The lowest BCUT2D eigenvalue weighted by Gasteiger charge is -2.41. The van der Waals surface area contributed by atoms with Crippen LogP contribution in [0.25, 0.3) is 0 Å². The molecule has 0 amide bonds. The third kappa shape index (κ3) is 2.27. The van der Waals surface area contributed by atoms with E-state index >= 15 is 0 Å². The van der Waals surface area contributed by atoms with Gasteiger partial charge in [-0.2, -0.15) is 0 Å². The molecule has 1 aromatic carbocycles. The van der Waals surface area contributed by atoms with Crippen molar-refractivity contribution < 1.29 is 4.39 Å². The number of benzene rings is 1. The van der Waals surface area contributed by atoms with Crippen LogP contribution in [0.3, 0.4) is 0 Å². The van der Waals surface area contributed by atoms with Crippen LogP contribution in [0.15, 0.2) is 18.2 Å². The largest absolute Gasteiger partial charge is 0.330 e. The van der Waals surface area contributed by atoms with Crippen LogP contribution in [-0.4, -0.2) is 6.54 Å². The van der Waals surface area contributed by atoms with Crippen LogP contribution in [0.5, 0.6) is 0 Å². The number of halogens is 1. The molecule has 0 aromatic heterocycles. The lowest BCUT2D eigenvalue weighted by atomic mass is 9.66. The van der Waals surface area contributed by atoms with Crippen molar-refractivity contribution in [1.29, 1.82) is 0 Å². The third-order valence-electron chi connectivity index (χ3n) is 4.03. The minimum atomic E-state index is -0.0899. The first-order valence-corrected chi connectivity index (χ1v) is 6.10. The standard InChI is InChI=1S/C14H20FN/c1-11-3-4-12(9-13(11)15)5-8-14(10-16)6-2-7-14/h3-4,9H,2,5-8,10,16H2,1H3. The van der Waals surface area contributed by atoms with Crippen molar-refractivity contribution in [3.05, 3.63) is 35.1 Å². The molecule has 1 saturated carbocycles. The molecular weight excluding hydrogens is 201 g/mol. The van der Waals surface area contributed by atoms with E-state index in [0.717, 1.165) is 30.5 Å². The summed E-state index contributed by atoms with van der Waals surface area (Å²) in [6, 6.07) is 5.56. The molecule has 1 aromatic rings. The Kier molecular flexibility index (Phi) is 3.29. The maximum atomic E-state index is 13.4. The van der Waals surface area contributed by atoms with Gasteiger partial charge in [0, 0.05) is 0 Å². The first kappa shape index (κ1) is 11.6. The summed E-state index contributed by atoms with van der Waals surface area (Å²) in [5.74, 6) is -0.0899. The summed E-state index contributed by atoms with van der Waals surface area (Å²) in [5, 5.41) is 0. The predicted molar refractivity (Wildman–Crippen MR) is 64.8 cm³/mol. The zero-order valence-electron chi connectivity index (χ0n) is 9.93. The highest BCUT2D eigenvalue weighted by atomic mass is 19.1. The first-order valence-electron chi connectivity index (χ1n) is 6.10. The first-order chi connectivity index (χ1) is 7.65. The number of hydrogen-bond acceptors (Lipinski definition) is 1. The van der Waals surface area contributed by atoms with Gasteiger partial charge in [-0.05, 0) is 61.8 Å². The van der Waals surface area contributed by atoms with Crippen LogP contribution in [0.4, 0.5) is 4.39 Å². The summed E-state index contributed by atoms with van der Waals surface area (Å²) in [5.41, 5.74) is 8.00. The zero-order valence-corrected chi connectivity index (χ0v) is 9.93. The summed E-state index contributed by atoms with van der Waals surface area (Å²) in [6.45, 7) is 2.58. The van der Waals surface area contributed by atoms with Crippen molar-refractivity contribution in [3.63, 3.8) is 0 Å². The molecule has 2 rings (SSSR count). The van der Waals surface area contributed by atoms with E-state index in [1.807, 2.05) is 12.1 Å². The van der Waals surface area contributed by atoms with E-state index in [0.29, 0.717) is 5.41 Å². The average molecular weight is 221 g/mol. The second-order valence-electron chi connectivity index (χ2n) is 5.14. The minimum Gasteiger partial charge on any atom is -0.330 e. The van der Waals surface area contributed by atoms with Gasteiger partial charge in [0.25, 0.3) is 0 Å². The second kappa shape index (κ2) is 4.54. The molecule has 0 bridgehead atoms. The fourth-order valence-corrected chi connectivity index (χ4v) is 2.43. The molecule has 0 heterocycles. The Balaban J connectivity index is 1.96. The molecule has 1 fully saturated rings. The molecule has 0 saturated heterocycles. The summed E-state index contributed by atoms with van der Waals surface area (Å²) >= 11 is 0. The van der Waals surface area contributed by atoms with Crippen LogP contribution in [-0.2, 0) is 6.42 Å². The molecule has 0 unspecified atom stereocenters. The van der Waals surface area contributed by atoms with Gasteiger partial charge in [0.15, 0.2) is 0 Å². The van der Waals surface area contributed by atoms with E-state index < -0.39 is 0 Å². The topological polar surface area (TPSA) is 26.0 Å². The van der Waals surface area contributed by atoms with Crippen molar-refractivity contribution in [2.75, 3.05) is 6.54 Å². The van der Waals surface area contributed by atoms with Crippen LogP contribution >= 0.6 is 0 Å². The fourth-order valence-electron chi connectivity index (χ4n) is 2.43. The van der Waals surface area contributed by atoms with E-state index in [9.17, 15) is 4.39 Å². The van der Waals surface area contributed by atoms with Gasteiger partial charge >= 0.3 is 0 Å². The van der Waals surface area contributed by atoms with Gasteiger partial charge < -0.3 is 5.73 Å². The smallest absolute Gasteiger partial charge is 0.126 e. The molecule has 2 N–H and O–H groups in total. The molecular formula is C14H20FN. The zero-order chi connectivity index (χ0) is 11.6. The van der Waals surface area contributed by atoms with Crippen molar-refractivity contribution in [3.8, 4) is 0 Å². The van der Waals surface area contributed by atoms with E-state index in [1.165, 1.54) is 19.3 Å². The Labute approximate surface area is 96.9 Å². The van der Waals surface area contributed by atoms with Gasteiger partial charge in [-0.15, -0.1) is 0 Å². The van der Waals surface area contributed by atoms with Gasteiger partial charge in [-0.25, -0.2) is 4.39 Å². The Morgan fingerprint density at radius 1 is 1.38 bits per heavy atom. The van der Waals surface area contributed by atoms with Gasteiger partial charge in [0.05, 0.1) is 0 Å². The number of rotatable bonds is 4. The van der Waals surface area contributed by atoms with Crippen molar-refractivity contribution in [2.45, 2.75) is 39.0 Å². The lowest BCUT2D eigenvalue weighted by molar-refractivity contribution is 0.131. The highest BCUT2D eigenvalue weighted by Gasteiger charge is 2.34. The van der Waals surface area contributed by atoms with Crippen LogP contribution in [0.1, 0.15) is 36.8 Å². The number of hydrogen-bond donors (Lipinski definition) is 1. The number of nitrogens with two attached hydrogens (primary N) is 1. The molecule has 0 atom stereocenters. The third-order valence-corrected chi connectivity index (χ3v) is 4.03. The van der Waals surface area contributed by atoms with E-state index in [4.69, 9.17) is 5.73 Å². The molecule has 1 nitrogen and oxygen atoms in total. The number of aryl methyl sites for hydroxylation is 2. The Bertz CT molecular complexity index is 363. The fraction of sp³-hybridized carbons (Fsp3) is 0.571. The van der Waals surface area contributed by atoms with E-state index in [2.05, 4.69) is 0 Å². The van der Waals surface area contributed by atoms with Gasteiger partial charge in [-0.3, -0.25) is 0 Å². The highest BCUT2D eigenvalue weighted by molar-refractivity contribution is 5.23. The Morgan fingerprint density at radius 2 is 2.12 bits per heavy atom. The minimum absolute atomic E-state index is 0.0899. The van der Waals surface area contributed by atoms with Crippen LogP contribution in [0.2, 0.25) is 0 Å². The van der Waals surface area contributed by atoms with Crippen LogP contribution in [0, 0.1) is 18.2 Å². The maximum Gasteiger partial charge on any atom is 0.126 e. The molecule has 1 aliphatic rings. The second-order valence-corrected chi connectivity index (χ2v) is 5.14. The molecule has 16 heavy (non-hydrogen) atoms. The maximum absolute atomic E-state index is 13.4. The summed E-state index contributed by atoms with van der Waals surface area (Å²) in [4.78, 5) is 0. The van der Waals surface area contributed by atoms with Crippen molar-refractivity contribution in [2.24, 2.45) is 11.1 Å². The van der Waals surface area contributed by atoms with Crippen molar-refractivity contribution >= 4 is 0 Å². The molecule has 2 heteroatoms. The van der Waals surface area contributed by atoms with Crippen molar-refractivity contribution in [1.82, 2.24) is 0 Å². The molecule has 88 valence electrons. The van der Waals surface area contributed by atoms with Gasteiger partial charge in [-0.1, -0.05) is 18.6 Å². The van der Waals surface area contributed by atoms with Gasteiger partial charge in [0.1, 0.15) is 5.82 Å². The molecule has 0 aliphatic heterocycles. The summed E-state index contributed by atoms with van der Waals surface area (Å²) in [6.07, 6.45) is 5.86. The SMILES string of the molecule is Cc1ccc(CCC2(CN)CCC2)cc1F. The van der Waals surface area contributed by atoms with Crippen LogP contribution < -0.4 is 5.73 Å². The van der Waals surface area contributed by atoms with E-state index in [-0.39, 0.29) is 5.82 Å².